The molecule has 2 aromatic rings. The highest BCUT2D eigenvalue weighted by Crippen LogP contribution is 2.35. The fraction of sp³-hybridized carbons (Fsp3) is 0.500. The molecule has 0 amide bonds. The zero-order valence-electron chi connectivity index (χ0n) is 12.5. The van der Waals surface area contributed by atoms with Crippen LogP contribution in [0, 0.1) is 6.92 Å². The van der Waals surface area contributed by atoms with Gasteiger partial charge < -0.3 is 14.5 Å². The Morgan fingerprint density at radius 2 is 2.05 bits per heavy atom. The molecule has 0 spiro atoms. The van der Waals surface area contributed by atoms with Gasteiger partial charge in [0.1, 0.15) is 11.3 Å². The number of benzene rings is 1. The van der Waals surface area contributed by atoms with Crippen LogP contribution in [0.15, 0.2) is 16.5 Å². The summed E-state index contributed by atoms with van der Waals surface area (Å²) >= 11 is 0. The number of hydrogen-bond acceptors (Lipinski definition) is 3. The zero-order valence-corrected chi connectivity index (χ0v) is 12.5. The lowest BCUT2D eigenvalue weighted by Gasteiger charge is -2.10. The summed E-state index contributed by atoms with van der Waals surface area (Å²) in [5.41, 5.74) is 4.70. The van der Waals surface area contributed by atoms with Crippen LogP contribution in [0.25, 0.3) is 11.0 Å². The average molecular weight is 261 g/mol. The Morgan fingerprint density at radius 3 is 2.63 bits per heavy atom. The Hall–Kier alpha value is -1.32. The fourth-order valence-corrected chi connectivity index (χ4v) is 2.55. The van der Waals surface area contributed by atoms with Gasteiger partial charge in [-0.2, -0.15) is 0 Å². The van der Waals surface area contributed by atoms with Crippen molar-refractivity contribution >= 4 is 11.0 Å². The molecule has 2 rings (SSSR count). The normalized spacial score (nSPS) is 11.7. The molecule has 0 saturated heterocycles. The molecule has 1 aromatic carbocycles. The second-order valence-electron chi connectivity index (χ2n) is 5.30. The number of methoxy groups -OCH3 is 1. The van der Waals surface area contributed by atoms with Crippen molar-refractivity contribution in [2.45, 2.75) is 39.8 Å². The molecule has 3 nitrogen and oxygen atoms in total. The minimum Gasteiger partial charge on any atom is -0.459 e. The van der Waals surface area contributed by atoms with Crippen LogP contribution >= 0.6 is 0 Å². The van der Waals surface area contributed by atoms with Crippen molar-refractivity contribution in [3.63, 3.8) is 0 Å². The van der Waals surface area contributed by atoms with E-state index in [0.717, 1.165) is 17.9 Å². The number of nitrogens with one attached hydrogen (secondary N) is 1. The third-order valence-electron chi connectivity index (χ3n) is 3.50. The first-order valence-electron chi connectivity index (χ1n) is 6.77. The molecule has 0 aliphatic heterocycles. The fourth-order valence-electron chi connectivity index (χ4n) is 2.55. The Kier molecular flexibility index (Phi) is 4.27. The number of furan rings is 1. The van der Waals surface area contributed by atoms with Crippen LogP contribution in [-0.2, 0) is 17.9 Å². The highest BCUT2D eigenvalue weighted by molar-refractivity contribution is 5.88. The number of hydrogen-bond donors (Lipinski definition) is 1. The summed E-state index contributed by atoms with van der Waals surface area (Å²) in [7, 11) is 3.66. The van der Waals surface area contributed by atoms with Gasteiger partial charge in [-0.3, -0.25) is 0 Å². The first-order chi connectivity index (χ1) is 9.10. The Labute approximate surface area is 114 Å². The monoisotopic (exact) mass is 261 g/mol. The molecule has 0 bridgehead atoms. The van der Waals surface area contributed by atoms with Gasteiger partial charge in [0.05, 0.1) is 13.2 Å². The van der Waals surface area contributed by atoms with Crippen LogP contribution in [0.4, 0.5) is 0 Å². The first kappa shape index (κ1) is 14.1. The maximum atomic E-state index is 6.07. The summed E-state index contributed by atoms with van der Waals surface area (Å²) in [6.07, 6.45) is 0. The van der Waals surface area contributed by atoms with Crippen LogP contribution in [-0.4, -0.2) is 14.2 Å². The molecular formula is C16H23NO2. The van der Waals surface area contributed by atoms with Crippen molar-refractivity contribution in [3.8, 4) is 0 Å². The quantitative estimate of drug-likeness (QED) is 0.890. The van der Waals surface area contributed by atoms with Crippen LogP contribution < -0.4 is 5.32 Å². The van der Waals surface area contributed by atoms with Gasteiger partial charge in [-0.25, -0.2) is 0 Å². The van der Waals surface area contributed by atoms with Gasteiger partial charge in [0, 0.05) is 18.1 Å². The van der Waals surface area contributed by atoms with E-state index in [4.69, 9.17) is 9.15 Å². The number of fused-ring (bicyclic) bond motifs is 1. The van der Waals surface area contributed by atoms with E-state index >= 15 is 0 Å². The lowest BCUT2D eigenvalue weighted by molar-refractivity contribution is 0.183. The Morgan fingerprint density at radius 1 is 1.32 bits per heavy atom. The SMILES string of the molecule is CNCc1oc2c(C)ccc(C(C)C)c2c1COC. The van der Waals surface area contributed by atoms with E-state index in [9.17, 15) is 0 Å². The predicted molar refractivity (Wildman–Crippen MR) is 78.5 cm³/mol. The number of ether oxygens (including phenoxy) is 1. The third-order valence-corrected chi connectivity index (χ3v) is 3.50. The topological polar surface area (TPSA) is 34.4 Å². The number of rotatable bonds is 5. The van der Waals surface area contributed by atoms with E-state index in [1.807, 2.05) is 7.05 Å². The summed E-state index contributed by atoms with van der Waals surface area (Å²) in [6, 6.07) is 4.35. The van der Waals surface area contributed by atoms with Crippen molar-refractivity contribution in [2.75, 3.05) is 14.2 Å². The van der Waals surface area contributed by atoms with Gasteiger partial charge in [-0.05, 0) is 31.0 Å². The zero-order chi connectivity index (χ0) is 14.0. The molecule has 1 heterocycles. The van der Waals surface area contributed by atoms with Gasteiger partial charge in [0.25, 0.3) is 0 Å². The van der Waals surface area contributed by atoms with E-state index in [2.05, 4.69) is 38.2 Å². The second kappa shape index (κ2) is 5.76. The summed E-state index contributed by atoms with van der Waals surface area (Å²) < 4.78 is 11.4. The van der Waals surface area contributed by atoms with Crippen LogP contribution in [0.3, 0.4) is 0 Å². The largest absolute Gasteiger partial charge is 0.459 e. The molecule has 0 atom stereocenters. The average Bonchev–Trinajstić information content (AvgIpc) is 2.71. The molecule has 1 N–H and O–H groups in total. The van der Waals surface area contributed by atoms with Crippen LogP contribution in [0.1, 0.15) is 42.2 Å². The molecule has 0 aliphatic carbocycles. The summed E-state index contributed by atoms with van der Waals surface area (Å²) in [5, 5.41) is 4.40. The van der Waals surface area contributed by atoms with E-state index in [0.29, 0.717) is 12.5 Å². The van der Waals surface area contributed by atoms with Gasteiger partial charge in [-0.1, -0.05) is 26.0 Å². The summed E-state index contributed by atoms with van der Waals surface area (Å²) in [5.74, 6) is 1.45. The minimum atomic E-state index is 0.471. The molecule has 1 aromatic heterocycles. The highest BCUT2D eigenvalue weighted by atomic mass is 16.5. The van der Waals surface area contributed by atoms with E-state index in [1.54, 1.807) is 7.11 Å². The molecule has 0 aliphatic rings. The predicted octanol–water partition coefficient (Wildman–Crippen LogP) is 3.73. The first-order valence-corrected chi connectivity index (χ1v) is 6.77. The van der Waals surface area contributed by atoms with Gasteiger partial charge >= 0.3 is 0 Å². The minimum absolute atomic E-state index is 0.471. The lowest BCUT2D eigenvalue weighted by Crippen LogP contribution is -2.06. The van der Waals surface area contributed by atoms with E-state index < -0.39 is 0 Å². The summed E-state index contributed by atoms with van der Waals surface area (Å²) in [6.45, 7) is 7.84. The molecule has 3 heteroatoms. The van der Waals surface area contributed by atoms with Gasteiger partial charge in [0.2, 0.25) is 0 Å². The second-order valence-corrected chi connectivity index (χ2v) is 5.30. The third kappa shape index (κ3) is 2.53. The van der Waals surface area contributed by atoms with Gasteiger partial charge in [-0.15, -0.1) is 0 Å². The van der Waals surface area contributed by atoms with Crippen molar-refractivity contribution in [1.82, 2.24) is 5.32 Å². The maximum absolute atomic E-state index is 6.07. The molecule has 19 heavy (non-hydrogen) atoms. The van der Waals surface area contributed by atoms with Crippen LogP contribution in [0.5, 0.6) is 0 Å². The lowest BCUT2D eigenvalue weighted by atomic mass is 9.94. The standard InChI is InChI=1S/C16H23NO2/c1-10(2)12-7-6-11(3)16-15(12)13(9-18-5)14(19-16)8-17-4/h6-7,10,17H,8-9H2,1-5H3. The van der Waals surface area contributed by atoms with E-state index in [-0.39, 0.29) is 0 Å². The van der Waals surface area contributed by atoms with Crippen LogP contribution in [0.2, 0.25) is 0 Å². The van der Waals surface area contributed by atoms with Crippen molar-refractivity contribution in [1.29, 1.82) is 0 Å². The van der Waals surface area contributed by atoms with Crippen molar-refractivity contribution < 1.29 is 9.15 Å². The van der Waals surface area contributed by atoms with Crippen molar-refractivity contribution in [3.05, 3.63) is 34.6 Å². The molecule has 104 valence electrons. The molecule has 0 fully saturated rings. The maximum Gasteiger partial charge on any atom is 0.137 e. The Bertz CT molecular complexity index is 570. The van der Waals surface area contributed by atoms with Crippen molar-refractivity contribution in [2.24, 2.45) is 0 Å². The molecule has 0 unspecified atom stereocenters. The highest BCUT2D eigenvalue weighted by Gasteiger charge is 2.19. The number of aryl methyl sites for hydroxylation is 1. The van der Waals surface area contributed by atoms with Gasteiger partial charge in [0.15, 0.2) is 0 Å². The Balaban J connectivity index is 2.75. The molecular weight excluding hydrogens is 238 g/mol. The molecule has 0 saturated carbocycles. The van der Waals surface area contributed by atoms with E-state index in [1.165, 1.54) is 22.1 Å². The summed E-state index contributed by atoms with van der Waals surface area (Å²) in [4.78, 5) is 0. The smallest absolute Gasteiger partial charge is 0.137 e. The molecule has 0 radical (unpaired) electrons.